The van der Waals surface area contributed by atoms with Crippen molar-refractivity contribution in [3.8, 4) is 0 Å². The number of nitrogens with one attached hydrogen (secondary N) is 1. The van der Waals surface area contributed by atoms with Crippen molar-refractivity contribution in [2.45, 2.75) is 58.4 Å². The highest BCUT2D eigenvalue weighted by Crippen LogP contribution is 2.25. The Labute approximate surface area is 157 Å². The van der Waals surface area contributed by atoms with E-state index in [1.807, 2.05) is 15.8 Å². The number of hydrogen-bond acceptors (Lipinski definition) is 4. The molecule has 6 nitrogen and oxygen atoms in total. The van der Waals surface area contributed by atoms with E-state index in [0.717, 1.165) is 63.7 Å². The third-order valence-corrected chi connectivity index (χ3v) is 5.47. The first-order valence-electron chi connectivity index (χ1n) is 9.55. The van der Waals surface area contributed by atoms with E-state index < -0.39 is 0 Å². The molecule has 2 saturated heterocycles. The minimum absolute atomic E-state index is 0. The Morgan fingerprint density at radius 1 is 1.24 bits per heavy atom. The van der Waals surface area contributed by atoms with Crippen LogP contribution in [0.25, 0.3) is 0 Å². The molecule has 0 atom stereocenters. The second-order valence-corrected chi connectivity index (χ2v) is 7.77. The number of rotatable bonds is 5. The summed E-state index contributed by atoms with van der Waals surface area (Å²) in [6.45, 7) is 8.31. The summed E-state index contributed by atoms with van der Waals surface area (Å²) < 4.78 is 1.89. The highest BCUT2D eigenvalue weighted by Gasteiger charge is 2.26. The zero-order chi connectivity index (χ0) is 16.9. The molecule has 1 amide bonds. The summed E-state index contributed by atoms with van der Waals surface area (Å²) in [7, 11) is 0. The normalized spacial score (nSPS) is 19.9. The Morgan fingerprint density at radius 3 is 2.56 bits per heavy atom. The maximum absolute atomic E-state index is 12.7. The van der Waals surface area contributed by atoms with Gasteiger partial charge in [-0.05, 0) is 50.6 Å². The molecule has 0 bridgehead atoms. The summed E-state index contributed by atoms with van der Waals surface area (Å²) in [4.78, 5) is 14.6. The molecular formula is C18H32ClN5O. The van der Waals surface area contributed by atoms with Crippen LogP contribution in [0.3, 0.4) is 0 Å². The van der Waals surface area contributed by atoms with E-state index in [-0.39, 0.29) is 18.3 Å². The van der Waals surface area contributed by atoms with E-state index in [1.165, 1.54) is 12.8 Å². The predicted molar refractivity (Wildman–Crippen MR) is 101 cm³/mol. The smallest absolute Gasteiger partial charge is 0.276 e. The fourth-order valence-electron chi connectivity index (χ4n) is 3.78. The van der Waals surface area contributed by atoms with E-state index in [4.69, 9.17) is 0 Å². The van der Waals surface area contributed by atoms with Gasteiger partial charge in [0.15, 0.2) is 5.69 Å². The van der Waals surface area contributed by atoms with Crippen LogP contribution in [0.5, 0.6) is 0 Å². The summed E-state index contributed by atoms with van der Waals surface area (Å²) in [6.07, 6.45) is 8.80. The first kappa shape index (κ1) is 20.2. The molecule has 0 aliphatic carbocycles. The quantitative estimate of drug-likeness (QED) is 0.866. The van der Waals surface area contributed by atoms with Gasteiger partial charge in [0.05, 0.1) is 12.2 Å². The molecule has 0 saturated carbocycles. The second kappa shape index (κ2) is 9.53. The lowest BCUT2D eigenvalue weighted by molar-refractivity contribution is 0.0678. The van der Waals surface area contributed by atoms with Crippen molar-refractivity contribution < 1.29 is 4.79 Å². The Kier molecular flexibility index (Phi) is 7.69. The Balaban J connectivity index is 0.00000225. The maximum atomic E-state index is 12.7. The largest absolute Gasteiger partial charge is 0.337 e. The molecule has 3 rings (SSSR count). The third kappa shape index (κ3) is 5.42. The fraction of sp³-hybridized carbons (Fsp3) is 0.833. The van der Waals surface area contributed by atoms with Crippen LogP contribution in [0, 0.1) is 11.8 Å². The number of hydrogen-bond donors (Lipinski definition) is 1. The van der Waals surface area contributed by atoms with Crippen molar-refractivity contribution >= 4 is 18.3 Å². The molecule has 2 fully saturated rings. The van der Waals surface area contributed by atoms with Gasteiger partial charge in [0.25, 0.3) is 5.91 Å². The van der Waals surface area contributed by atoms with Gasteiger partial charge in [0.2, 0.25) is 0 Å². The van der Waals surface area contributed by atoms with Crippen LogP contribution in [0.4, 0.5) is 0 Å². The van der Waals surface area contributed by atoms with Gasteiger partial charge >= 0.3 is 0 Å². The molecule has 1 aromatic heterocycles. The molecule has 2 aliphatic heterocycles. The molecule has 142 valence electrons. The standard InChI is InChI=1S/C18H31N5O.ClH/c1-14(2)3-4-15-7-11-22(12-8-15)18(24)17-13-23(21-20-17)16-5-9-19-10-6-16;/h13-16,19H,3-12H2,1-2H3;1H. The number of aromatic nitrogens is 3. The first-order chi connectivity index (χ1) is 11.6. The Morgan fingerprint density at radius 2 is 1.92 bits per heavy atom. The van der Waals surface area contributed by atoms with E-state index in [9.17, 15) is 4.79 Å². The first-order valence-corrected chi connectivity index (χ1v) is 9.55. The van der Waals surface area contributed by atoms with Crippen molar-refractivity contribution in [2.75, 3.05) is 26.2 Å². The van der Waals surface area contributed by atoms with Crippen LogP contribution in [0.1, 0.15) is 68.9 Å². The molecule has 7 heteroatoms. The van der Waals surface area contributed by atoms with E-state index in [1.54, 1.807) is 0 Å². The number of carbonyl (C=O) groups excluding carboxylic acids is 1. The number of amides is 1. The Hall–Kier alpha value is -1.14. The zero-order valence-electron chi connectivity index (χ0n) is 15.5. The van der Waals surface area contributed by atoms with Gasteiger partial charge in [-0.15, -0.1) is 17.5 Å². The molecular weight excluding hydrogens is 338 g/mol. The fourth-order valence-corrected chi connectivity index (χ4v) is 3.78. The molecule has 0 radical (unpaired) electrons. The summed E-state index contributed by atoms with van der Waals surface area (Å²) in [5, 5.41) is 11.7. The van der Waals surface area contributed by atoms with Crippen LogP contribution in [-0.4, -0.2) is 52.0 Å². The zero-order valence-corrected chi connectivity index (χ0v) is 16.3. The Bertz CT molecular complexity index is 533. The molecule has 1 N–H and O–H groups in total. The third-order valence-electron chi connectivity index (χ3n) is 5.47. The van der Waals surface area contributed by atoms with Gasteiger partial charge in [-0.25, -0.2) is 4.68 Å². The monoisotopic (exact) mass is 369 g/mol. The molecule has 3 heterocycles. The van der Waals surface area contributed by atoms with Crippen molar-refractivity contribution in [3.05, 3.63) is 11.9 Å². The average molecular weight is 370 g/mol. The van der Waals surface area contributed by atoms with Gasteiger partial charge in [0, 0.05) is 13.1 Å². The summed E-state index contributed by atoms with van der Waals surface area (Å²) in [6, 6.07) is 0.377. The topological polar surface area (TPSA) is 63.1 Å². The SMILES string of the molecule is CC(C)CCC1CCN(C(=O)c2cn(C3CCNCC3)nn2)CC1.Cl. The van der Waals surface area contributed by atoms with Gasteiger partial charge < -0.3 is 10.2 Å². The number of likely N-dealkylation sites (tertiary alicyclic amines) is 1. The predicted octanol–water partition coefficient (Wildman–Crippen LogP) is 2.91. The van der Waals surface area contributed by atoms with Crippen LogP contribution in [0.2, 0.25) is 0 Å². The summed E-state index contributed by atoms with van der Waals surface area (Å²) >= 11 is 0. The minimum atomic E-state index is 0. The van der Waals surface area contributed by atoms with Crippen molar-refractivity contribution in [1.82, 2.24) is 25.2 Å². The van der Waals surface area contributed by atoms with Gasteiger partial charge in [-0.2, -0.15) is 0 Å². The van der Waals surface area contributed by atoms with Crippen LogP contribution in [-0.2, 0) is 0 Å². The van der Waals surface area contributed by atoms with E-state index in [0.29, 0.717) is 11.7 Å². The minimum Gasteiger partial charge on any atom is -0.337 e. The second-order valence-electron chi connectivity index (χ2n) is 7.77. The van der Waals surface area contributed by atoms with Crippen molar-refractivity contribution in [1.29, 1.82) is 0 Å². The van der Waals surface area contributed by atoms with Crippen molar-refractivity contribution in [3.63, 3.8) is 0 Å². The number of carbonyl (C=O) groups is 1. The highest BCUT2D eigenvalue weighted by atomic mass is 35.5. The molecule has 0 unspecified atom stereocenters. The van der Waals surface area contributed by atoms with Gasteiger partial charge in [0.1, 0.15) is 0 Å². The van der Waals surface area contributed by atoms with Gasteiger partial charge in [-0.1, -0.05) is 31.9 Å². The van der Waals surface area contributed by atoms with Crippen LogP contribution >= 0.6 is 12.4 Å². The lowest BCUT2D eigenvalue weighted by Gasteiger charge is -2.31. The molecule has 0 aromatic carbocycles. The lowest BCUT2D eigenvalue weighted by atomic mass is 9.89. The molecule has 2 aliphatic rings. The lowest BCUT2D eigenvalue weighted by Crippen LogP contribution is -2.38. The van der Waals surface area contributed by atoms with E-state index in [2.05, 4.69) is 29.5 Å². The number of nitrogens with zero attached hydrogens (tertiary/aromatic N) is 4. The summed E-state index contributed by atoms with van der Waals surface area (Å²) in [5.74, 6) is 1.61. The van der Waals surface area contributed by atoms with E-state index >= 15 is 0 Å². The number of halogens is 1. The average Bonchev–Trinajstić information content (AvgIpc) is 3.10. The maximum Gasteiger partial charge on any atom is 0.276 e. The van der Waals surface area contributed by atoms with Crippen LogP contribution in [0.15, 0.2) is 6.20 Å². The molecule has 0 spiro atoms. The summed E-state index contributed by atoms with van der Waals surface area (Å²) in [5.41, 5.74) is 0.508. The van der Waals surface area contributed by atoms with Gasteiger partial charge in [-0.3, -0.25) is 4.79 Å². The number of piperidine rings is 2. The van der Waals surface area contributed by atoms with Crippen molar-refractivity contribution in [2.24, 2.45) is 11.8 Å². The molecule has 25 heavy (non-hydrogen) atoms. The molecule has 1 aromatic rings. The van der Waals surface area contributed by atoms with Crippen LogP contribution < -0.4 is 5.32 Å². The highest BCUT2D eigenvalue weighted by molar-refractivity contribution is 5.92.